The zero-order chi connectivity index (χ0) is 26.7. The first-order valence-corrected chi connectivity index (χ1v) is 11.6. The average molecular weight is 495 g/mol. The number of rotatable bonds is 11. The van der Waals surface area contributed by atoms with Crippen LogP contribution in [0.2, 0.25) is 0 Å². The number of primary amides is 1. The molecule has 9 heteroatoms. The van der Waals surface area contributed by atoms with E-state index in [0.29, 0.717) is 5.56 Å². The number of hydrogen-bond donors (Lipinski definition) is 3. The van der Waals surface area contributed by atoms with Crippen molar-refractivity contribution in [2.45, 2.75) is 51.4 Å². The molecule has 4 amide bonds. The number of hydrogen-bond acceptors (Lipinski definition) is 5. The van der Waals surface area contributed by atoms with E-state index in [1.165, 1.54) is 11.0 Å². The summed E-state index contributed by atoms with van der Waals surface area (Å²) in [5.41, 5.74) is 5.98. The van der Waals surface area contributed by atoms with Crippen LogP contribution >= 0.6 is 0 Å². The van der Waals surface area contributed by atoms with Gasteiger partial charge in [0.15, 0.2) is 0 Å². The SMILES string of the molecule is C=CCN(C(=O)C(CC(N)=O)NC(=O)OC(C)(C)C)C(C(=O)NCc1ccccc1)c1ccccc1. The summed E-state index contributed by atoms with van der Waals surface area (Å²) >= 11 is 0. The Hall–Kier alpha value is -4.14. The van der Waals surface area contributed by atoms with Crippen molar-refractivity contribution >= 4 is 23.8 Å². The topological polar surface area (TPSA) is 131 Å². The normalized spacial score (nSPS) is 12.5. The van der Waals surface area contributed by atoms with Crippen LogP contribution in [0.25, 0.3) is 0 Å². The van der Waals surface area contributed by atoms with Gasteiger partial charge in [-0.15, -0.1) is 6.58 Å². The summed E-state index contributed by atoms with van der Waals surface area (Å²) in [4.78, 5) is 52.6. The summed E-state index contributed by atoms with van der Waals surface area (Å²) in [5, 5.41) is 5.30. The van der Waals surface area contributed by atoms with E-state index in [4.69, 9.17) is 10.5 Å². The third-order valence-electron chi connectivity index (χ3n) is 4.99. The molecule has 0 fully saturated rings. The zero-order valence-electron chi connectivity index (χ0n) is 20.9. The number of carbonyl (C=O) groups excluding carboxylic acids is 4. The first-order chi connectivity index (χ1) is 17.0. The van der Waals surface area contributed by atoms with Gasteiger partial charge >= 0.3 is 6.09 Å². The maximum atomic E-state index is 13.7. The van der Waals surface area contributed by atoms with Crippen LogP contribution < -0.4 is 16.4 Å². The summed E-state index contributed by atoms with van der Waals surface area (Å²) < 4.78 is 5.25. The van der Waals surface area contributed by atoms with Crippen LogP contribution in [-0.2, 0) is 25.7 Å². The Kier molecular flexibility index (Phi) is 10.2. The second-order valence-electron chi connectivity index (χ2n) is 9.17. The van der Waals surface area contributed by atoms with E-state index in [-0.39, 0.29) is 13.1 Å². The number of benzene rings is 2. The van der Waals surface area contributed by atoms with Crippen LogP contribution in [0.1, 0.15) is 44.4 Å². The number of nitrogens with zero attached hydrogens (tertiary/aromatic N) is 1. The molecule has 0 aliphatic carbocycles. The van der Waals surface area contributed by atoms with Crippen LogP contribution in [0.4, 0.5) is 4.79 Å². The molecule has 2 atom stereocenters. The van der Waals surface area contributed by atoms with E-state index in [1.807, 2.05) is 30.3 Å². The van der Waals surface area contributed by atoms with Crippen molar-refractivity contribution < 1.29 is 23.9 Å². The highest BCUT2D eigenvalue weighted by Gasteiger charge is 2.36. The molecule has 192 valence electrons. The van der Waals surface area contributed by atoms with Crippen LogP contribution in [0.5, 0.6) is 0 Å². The van der Waals surface area contributed by atoms with Crippen molar-refractivity contribution in [3.05, 3.63) is 84.4 Å². The van der Waals surface area contributed by atoms with Crippen molar-refractivity contribution in [3.8, 4) is 0 Å². The molecule has 0 radical (unpaired) electrons. The van der Waals surface area contributed by atoms with E-state index in [9.17, 15) is 19.2 Å². The van der Waals surface area contributed by atoms with Crippen molar-refractivity contribution in [1.29, 1.82) is 0 Å². The fourth-order valence-electron chi connectivity index (χ4n) is 3.50. The Morgan fingerprint density at radius 2 is 1.61 bits per heavy atom. The summed E-state index contributed by atoms with van der Waals surface area (Å²) in [6.07, 6.45) is 0.108. The largest absolute Gasteiger partial charge is 0.444 e. The number of amides is 4. The summed E-state index contributed by atoms with van der Waals surface area (Å²) in [6, 6.07) is 15.7. The second-order valence-corrected chi connectivity index (χ2v) is 9.17. The molecule has 0 saturated carbocycles. The third-order valence-corrected chi connectivity index (χ3v) is 4.99. The average Bonchev–Trinajstić information content (AvgIpc) is 2.81. The Labute approximate surface area is 211 Å². The molecule has 0 aliphatic rings. The van der Waals surface area contributed by atoms with Gasteiger partial charge in [-0.2, -0.15) is 0 Å². The monoisotopic (exact) mass is 494 g/mol. The lowest BCUT2D eigenvalue weighted by atomic mass is 10.0. The number of ether oxygens (including phenoxy) is 1. The van der Waals surface area contributed by atoms with Gasteiger partial charge < -0.3 is 26.0 Å². The first kappa shape index (κ1) is 28.1. The lowest BCUT2D eigenvalue weighted by Crippen LogP contribution is -2.54. The molecule has 2 rings (SSSR count). The van der Waals surface area contributed by atoms with Crippen molar-refractivity contribution in [2.75, 3.05) is 6.54 Å². The Balaban J connectivity index is 2.39. The van der Waals surface area contributed by atoms with E-state index >= 15 is 0 Å². The molecule has 36 heavy (non-hydrogen) atoms. The number of nitrogens with two attached hydrogens (primary N) is 1. The third kappa shape index (κ3) is 8.90. The van der Waals surface area contributed by atoms with Crippen LogP contribution in [-0.4, -0.2) is 46.9 Å². The van der Waals surface area contributed by atoms with Gasteiger partial charge in [-0.25, -0.2) is 4.79 Å². The number of nitrogens with one attached hydrogen (secondary N) is 2. The van der Waals surface area contributed by atoms with Gasteiger partial charge in [0.2, 0.25) is 17.7 Å². The van der Waals surface area contributed by atoms with Crippen LogP contribution in [0.3, 0.4) is 0 Å². The van der Waals surface area contributed by atoms with Gasteiger partial charge in [0, 0.05) is 13.1 Å². The molecule has 0 saturated heterocycles. The maximum Gasteiger partial charge on any atom is 0.408 e. The predicted octanol–water partition coefficient (Wildman–Crippen LogP) is 2.83. The predicted molar refractivity (Wildman–Crippen MR) is 136 cm³/mol. The standard InChI is InChI=1S/C27H34N4O5/c1-5-16-31(25(34)21(17-22(28)32)30-26(35)36-27(2,3)4)23(20-14-10-7-11-15-20)24(33)29-18-19-12-8-6-9-13-19/h5-15,21,23H,1,16-18H2,2-4H3,(H2,28,32)(H,29,33)(H,30,35). The minimum atomic E-state index is -1.34. The van der Waals surface area contributed by atoms with Crippen molar-refractivity contribution in [3.63, 3.8) is 0 Å². The molecule has 0 spiro atoms. The van der Waals surface area contributed by atoms with Gasteiger partial charge in [0.05, 0.1) is 6.42 Å². The summed E-state index contributed by atoms with van der Waals surface area (Å²) in [7, 11) is 0. The van der Waals surface area contributed by atoms with Crippen LogP contribution in [0, 0.1) is 0 Å². The molecule has 2 aromatic carbocycles. The van der Waals surface area contributed by atoms with E-state index < -0.39 is 47.9 Å². The molecule has 9 nitrogen and oxygen atoms in total. The molecule has 0 heterocycles. The molecule has 2 aromatic rings. The molecule has 0 aromatic heterocycles. The Morgan fingerprint density at radius 3 is 2.14 bits per heavy atom. The van der Waals surface area contributed by atoms with Crippen LogP contribution in [0.15, 0.2) is 73.3 Å². The summed E-state index contributed by atoms with van der Waals surface area (Å²) in [5.74, 6) is -1.91. The fraction of sp³-hybridized carbons (Fsp3) is 0.333. The minimum absolute atomic E-state index is 0.0254. The Bertz CT molecular complexity index is 1050. The highest BCUT2D eigenvalue weighted by atomic mass is 16.6. The Morgan fingerprint density at radius 1 is 1.03 bits per heavy atom. The zero-order valence-corrected chi connectivity index (χ0v) is 20.9. The second kappa shape index (κ2) is 13.1. The molecule has 0 bridgehead atoms. The summed E-state index contributed by atoms with van der Waals surface area (Å²) in [6.45, 7) is 8.95. The lowest BCUT2D eigenvalue weighted by Gasteiger charge is -2.33. The van der Waals surface area contributed by atoms with E-state index in [2.05, 4.69) is 17.2 Å². The van der Waals surface area contributed by atoms with E-state index in [0.717, 1.165) is 5.56 Å². The van der Waals surface area contributed by atoms with Gasteiger partial charge in [-0.3, -0.25) is 14.4 Å². The lowest BCUT2D eigenvalue weighted by molar-refractivity contribution is -0.142. The molecule has 2 unspecified atom stereocenters. The van der Waals surface area contributed by atoms with Gasteiger partial charge in [0.1, 0.15) is 17.7 Å². The first-order valence-electron chi connectivity index (χ1n) is 11.6. The van der Waals surface area contributed by atoms with Crippen molar-refractivity contribution in [1.82, 2.24) is 15.5 Å². The number of carbonyl (C=O) groups is 4. The van der Waals surface area contributed by atoms with E-state index in [1.54, 1.807) is 51.1 Å². The number of alkyl carbamates (subject to hydrolysis) is 1. The van der Waals surface area contributed by atoms with Gasteiger partial charge in [-0.1, -0.05) is 66.7 Å². The molecular formula is C27H34N4O5. The van der Waals surface area contributed by atoms with Gasteiger partial charge in [0.25, 0.3) is 0 Å². The molecule has 4 N–H and O–H groups in total. The quantitative estimate of drug-likeness (QED) is 0.414. The maximum absolute atomic E-state index is 13.7. The van der Waals surface area contributed by atoms with Gasteiger partial charge in [-0.05, 0) is 31.9 Å². The highest BCUT2D eigenvalue weighted by molar-refractivity contribution is 5.94. The van der Waals surface area contributed by atoms with Crippen molar-refractivity contribution in [2.24, 2.45) is 5.73 Å². The minimum Gasteiger partial charge on any atom is -0.444 e. The highest BCUT2D eigenvalue weighted by Crippen LogP contribution is 2.23. The molecule has 0 aliphatic heterocycles. The molecular weight excluding hydrogens is 460 g/mol. The smallest absolute Gasteiger partial charge is 0.408 e. The fourth-order valence-corrected chi connectivity index (χ4v) is 3.50.